The Balaban J connectivity index is 2.10. The molecule has 2 heterocycles. The monoisotopic (exact) mass is 378 g/mol. The molecule has 0 saturated carbocycles. The molecule has 2 unspecified atom stereocenters. The number of aromatic nitrogens is 1. The summed E-state index contributed by atoms with van der Waals surface area (Å²) in [6.45, 7) is 5.49. The number of hydrogen-bond donors (Lipinski definition) is 4. The molecular formula is C18H26N4O5. The molecule has 9 heteroatoms. The van der Waals surface area contributed by atoms with Gasteiger partial charge in [-0.25, -0.2) is 0 Å². The van der Waals surface area contributed by atoms with Crippen molar-refractivity contribution in [1.29, 1.82) is 0 Å². The average molecular weight is 378 g/mol. The third-order valence-corrected chi connectivity index (χ3v) is 4.49. The summed E-state index contributed by atoms with van der Waals surface area (Å²) < 4.78 is 5.41. The van der Waals surface area contributed by atoms with Crippen molar-refractivity contribution >= 4 is 23.5 Å². The lowest BCUT2D eigenvalue weighted by Crippen LogP contribution is -2.55. The van der Waals surface area contributed by atoms with Crippen LogP contribution < -0.4 is 16.4 Å². The van der Waals surface area contributed by atoms with Crippen molar-refractivity contribution < 1.29 is 23.9 Å². The Labute approximate surface area is 157 Å². The zero-order valence-electron chi connectivity index (χ0n) is 15.8. The van der Waals surface area contributed by atoms with Gasteiger partial charge in [0.2, 0.25) is 11.8 Å². The van der Waals surface area contributed by atoms with Crippen LogP contribution in [0.15, 0.2) is 18.5 Å². The zero-order valence-corrected chi connectivity index (χ0v) is 15.8. The minimum Gasteiger partial charge on any atom is -0.370 e. The van der Waals surface area contributed by atoms with Crippen molar-refractivity contribution in [3.05, 3.63) is 24.0 Å². The van der Waals surface area contributed by atoms with Crippen LogP contribution >= 0.6 is 0 Å². The van der Waals surface area contributed by atoms with Crippen LogP contribution in [-0.2, 0) is 19.1 Å². The quantitative estimate of drug-likeness (QED) is 0.531. The standard InChI is InChI=1S/C18H26N4O5/c1-17(2,3)13(9-21-15(25)11-4-5-20-8-11)16(26)22-18(7-14(19)24)6-12(23)10-27-18/h4-5,8,13,20H,6-7,9-10H2,1-3H3,(H2,19,24)(H,21,25)(H,22,26). The molecular weight excluding hydrogens is 352 g/mol. The molecule has 27 heavy (non-hydrogen) atoms. The number of primary amides is 1. The first-order valence-electron chi connectivity index (χ1n) is 8.69. The van der Waals surface area contributed by atoms with Gasteiger partial charge >= 0.3 is 0 Å². The summed E-state index contributed by atoms with van der Waals surface area (Å²) in [6.07, 6.45) is 2.78. The highest BCUT2D eigenvalue weighted by molar-refractivity contribution is 5.94. The van der Waals surface area contributed by atoms with E-state index >= 15 is 0 Å². The lowest BCUT2D eigenvalue weighted by Gasteiger charge is -2.34. The Morgan fingerprint density at radius 2 is 2.07 bits per heavy atom. The number of amides is 3. The van der Waals surface area contributed by atoms with Crippen molar-refractivity contribution in [1.82, 2.24) is 15.6 Å². The van der Waals surface area contributed by atoms with Crippen LogP contribution in [0.1, 0.15) is 44.0 Å². The molecule has 2 rings (SSSR count). The maximum Gasteiger partial charge on any atom is 0.252 e. The lowest BCUT2D eigenvalue weighted by molar-refractivity contribution is -0.140. The van der Waals surface area contributed by atoms with Crippen LogP contribution in [0.2, 0.25) is 0 Å². The van der Waals surface area contributed by atoms with Gasteiger partial charge in [-0.3, -0.25) is 19.2 Å². The van der Waals surface area contributed by atoms with Gasteiger partial charge in [0, 0.05) is 18.9 Å². The molecule has 5 N–H and O–H groups in total. The third kappa shape index (κ3) is 5.40. The number of aromatic amines is 1. The summed E-state index contributed by atoms with van der Waals surface area (Å²) in [5.74, 6) is -2.25. The van der Waals surface area contributed by atoms with Gasteiger partial charge in [0.05, 0.1) is 24.3 Å². The van der Waals surface area contributed by atoms with Gasteiger partial charge in [0.25, 0.3) is 5.91 Å². The Hall–Kier alpha value is -2.68. The first-order valence-corrected chi connectivity index (χ1v) is 8.69. The Morgan fingerprint density at radius 3 is 2.56 bits per heavy atom. The number of carbonyl (C=O) groups is 4. The molecule has 1 saturated heterocycles. The fourth-order valence-electron chi connectivity index (χ4n) is 3.02. The fourth-order valence-corrected chi connectivity index (χ4v) is 3.02. The number of ether oxygens (including phenoxy) is 1. The Kier molecular flexibility index (Phi) is 6.04. The molecule has 1 aromatic heterocycles. The molecule has 0 aliphatic carbocycles. The first-order chi connectivity index (χ1) is 12.5. The van der Waals surface area contributed by atoms with Crippen molar-refractivity contribution in [2.24, 2.45) is 17.1 Å². The average Bonchev–Trinajstić information content (AvgIpc) is 3.15. The molecule has 2 atom stereocenters. The minimum atomic E-state index is -1.42. The van der Waals surface area contributed by atoms with Gasteiger partial charge in [-0.05, 0) is 11.5 Å². The molecule has 0 spiro atoms. The van der Waals surface area contributed by atoms with Crippen LogP contribution in [-0.4, -0.2) is 47.4 Å². The highest BCUT2D eigenvalue weighted by atomic mass is 16.5. The van der Waals surface area contributed by atoms with Crippen molar-refractivity contribution in [3.8, 4) is 0 Å². The minimum absolute atomic E-state index is 0.0833. The summed E-state index contributed by atoms with van der Waals surface area (Å²) in [7, 11) is 0. The number of Topliss-reactive ketones (excluding diaryl/α,β-unsaturated/α-hetero) is 1. The van der Waals surface area contributed by atoms with Gasteiger partial charge in [-0.15, -0.1) is 0 Å². The smallest absolute Gasteiger partial charge is 0.252 e. The number of ketones is 1. The first kappa shape index (κ1) is 20.6. The molecule has 1 aliphatic heterocycles. The number of nitrogens with two attached hydrogens (primary N) is 1. The second-order valence-electron chi connectivity index (χ2n) is 7.86. The number of nitrogens with one attached hydrogen (secondary N) is 3. The summed E-state index contributed by atoms with van der Waals surface area (Å²) >= 11 is 0. The molecule has 1 aromatic rings. The van der Waals surface area contributed by atoms with Gasteiger partial charge in [-0.2, -0.15) is 0 Å². The largest absolute Gasteiger partial charge is 0.370 e. The van der Waals surface area contributed by atoms with Gasteiger partial charge < -0.3 is 26.1 Å². The maximum absolute atomic E-state index is 12.9. The van der Waals surface area contributed by atoms with Crippen molar-refractivity contribution in [2.45, 2.75) is 39.3 Å². The fraction of sp³-hybridized carbons (Fsp3) is 0.556. The predicted molar refractivity (Wildman–Crippen MR) is 96.3 cm³/mol. The topological polar surface area (TPSA) is 143 Å². The number of H-pyrrole nitrogens is 1. The van der Waals surface area contributed by atoms with Gasteiger partial charge in [0.1, 0.15) is 6.61 Å². The molecule has 148 valence electrons. The normalized spacial score (nSPS) is 20.9. The van der Waals surface area contributed by atoms with E-state index in [1.54, 1.807) is 18.5 Å². The van der Waals surface area contributed by atoms with Crippen molar-refractivity contribution in [2.75, 3.05) is 13.2 Å². The zero-order chi connectivity index (χ0) is 20.2. The molecule has 0 radical (unpaired) electrons. The van der Waals surface area contributed by atoms with E-state index in [-0.39, 0.29) is 37.7 Å². The predicted octanol–water partition coefficient (Wildman–Crippen LogP) is 0.0841. The highest BCUT2D eigenvalue weighted by Crippen LogP contribution is 2.29. The van der Waals surface area contributed by atoms with E-state index < -0.39 is 28.9 Å². The Morgan fingerprint density at radius 1 is 1.37 bits per heavy atom. The lowest BCUT2D eigenvalue weighted by atomic mass is 9.79. The van der Waals surface area contributed by atoms with E-state index in [9.17, 15) is 19.2 Å². The summed E-state index contributed by atoms with van der Waals surface area (Å²) in [5.41, 5.74) is 3.79. The summed E-state index contributed by atoms with van der Waals surface area (Å²) in [5, 5.41) is 5.42. The van der Waals surface area contributed by atoms with Gasteiger partial charge in [0.15, 0.2) is 11.5 Å². The molecule has 0 bridgehead atoms. The van der Waals surface area contributed by atoms with E-state index in [0.717, 1.165) is 0 Å². The highest BCUT2D eigenvalue weighted by Gasteiger charge is 2.45. The second-order valence-corrected chi connectivity index (χ2v) is 7.86. The van der Waals surface area contributed by atoms with Crippen LogP contribution in [0.3, 0.4) is 0 Å². The number of hydrogen-bond acceptors (Lipinski definition) is 5. The Bertz CT molecular complexity index is 723. The van der Waals surface area contributed by atoms with E-state index in [0.29, 0.717) is 5.56 Å². The molecule has 0 aromatic carbocycles. The molecule has 1 fully saturated rings. The number of rotatable bonds is 7. The van der Waals surface area contributed by atoms with E-state index in [2.05, 4.69) is 15.6 Å². The molecule has 9 nitrogen and oxygen atoms in total. The summed E-state index contributed by atoms with van der Waals surface area (Å²) in [6, 6.07) is 1.63. The number of carbonyl (C=O) groups excluding carboxylic acids is 4. The second kappa shape index (κ2) is 7.91. The SMILES string of the molecule is CC(C)(C)C(CNC(=O)c1cc[nH]c1)C(=O)NC1(CC(N)=O)CC(=O)CO1. The van der Waals surface area contributed by atoms with Crippen LogP contribution in [0, 0.1) is 11.3 Å². The van der Waals surface area contributed by atoms with Crippen LogP contribution in [0.5, 0.6) is 0 Å². The van der Waals surface area contributed by atoms with Crippen molar-refractivity contribution in [3.63, 3.8) is 0 Å². The van der Waals surface area contributed by atoms with E-state index in [1.165, 1.54) is 0 Å². The van der Waals surface area contributed by atoms with Crippen LogP contribution in [0.4, 0.5) is 0 Å². The van der Waals surface area contributed by atoms with Crippen LogP contribution in [0.25, 0.3) is 0 Å². The van der Waals surface area contributed by atoms with Gasteiger partial charge in [-0.1, -0.05) is 20.8 Å². The van der Waals surface area contributed by atoms with E-state index in [1.807, 2.05) is 20.8 Å². The maximum atomic E-state index is 12.9. The molecule has 3 amide bonds. The third-order valence-electron chi connectivity index (χ3n) is 4.49. The summed E-state index contributed by atoms with van der Waals surface area (Å²) in [4.78, 5) is 50.9. The van der Waals surface area contributed by atoms with E-state index in [4.69, 9.17) is 10.5 Å². The molecule has 1 aliphatic rings.